The van der Waals surface area contributed by atoms with Gasteiger partial charge in [-0.1, -0.05) is 36.4 Å². The summed E-state index contributed by atoms with van der Waals surface area (Å²) >= 11 is 0. The monoisotopic (exact) mass is 540 g/mol. The predicted octanol–water partition coefficient (Wildman–Crippen LogP) is 4.28. The van der Waals surface area contributed by atoms with Crippen molar-refractivity contribution in [1.29, 1.82) is 5.26 Å². The third-order valence-electron chi connectivity index (χ3n) is 6.17. The molecule has 2 heterocycles. The Hall–Kier alpha value is -5.37. The molecule has 1 atom stereocenters. The Morgan fingerprint density at radius 1 is 1.10 bits per heavy atom. The number of benzene rings is 3. The zero-order valence-electron chi connectivity index (χ0n) is 20.9. The minimum Gasteiger partial charge on any atom is -0.491 e. The standard InChI is InChI=1S/C29H22F2N6O3/c30-22-8-6-17(10-23(22)31)14-34-29(39)27-28(33-15-20(13-32)35-27)37-25(18-4-2-1-3-5-18)16-40-21-7-9-24-19(11-21)12-26(38)36-24/h1-11,15,25H,12,14,16H2,(H,33,37)(H,34,39)(H,36,38)/t25-/m0/s1. The van der Waals surface area contributed by atoms with Gasteiger partial charge in [-0.05, 0) is 47.0 Å². The number of nitrogens with one attached hydrogen (secondary N) is 3. The number of anilines is 2. The molecule has 0 saturated carbocycles. The van der Waals surface area contributed by atoms with Crippen LogP contribution in [0.5, 0.6) is 5.75 Å². The van der Waals surface area contributed by atoms with E-state index in [0.717, 1.165) is 28.9 Å². The minimum absolute atomic E-state index is 0.0719. The number of fused-ring (bicyclic) bond motifs is 1. The van der Waals surface area contributed by atoms with Crippen LogP contribution in [0.1, 0.15) is 38.9 Å². The summed E-state index contributed by atoms with van der Waals surface area (Å²) in [6.45, 7) is 0.0244. The van der Waals surface area contributed by atoms with E-state index < -0.39 is 23.6 Å². The van der Waals surface area contributed by atoms with Crippen LogP contribution in [-0.2, 0) is 17.8 Å². The van der Waals surface area contributed by atoms with E-state index in [1.807, 2.05) is 36.4 Å². The molecule has 1 aliphatic rings. The van der Waals surface area contributed by atoms with E-state index in [-0.39, 0.29) is 42.7 Å². The Labute approximate surface area is 227 Å². The zero-order chi connectivity index (χ0) is 28.1. The van der Waals surface area contributed by atoms with Gasteiger partial charge >= 0.3 is 0 Å². The highest BCUT2D eigenvalue weighted by Crippen LogP contribution is 2.28. The second kappa shape index (κ2) is 11.6. The normalized spacial score (nSPS) is 12.6. The first-order valence-corrected chi connectivity index (χ1v) is 12.3. The lowest BCUT2D eigenvalue weighted by atomic mass is 10.1. The SMILES string of the molecule is N#Cc1cnc(N[C@@H](COc2ccc3c(c2)CC(=O)N3)c2ccccc2)c(C(=O)NCc2ccc(F)c(F)c2)n1. The van der Waals surface area contributed by atoms with E-state index in [0.29, 0.717) is 11.3 Å². The summed E-state index contributed by atoms with van der Waals surface area (Å²) < 4.78 is 32.9. The molecule has 0 radical (unpaired) electrons. The van der Waals surface area contributed by atoms with Crippen LogP contribution >= 0.6 is 0 Å². The number of carbonyl (C=O) groups is 2. The van der Waals surface area contributed by atoms with E-state index in [9.17, 15) is 23.6 Å². The molecule has 0 spiro atoms. The number of nitrogens with zero attached hydrogens (tertiary/aromatic N) is 3. The van der Waals surface area contributed by atoms with Gasteiger partial charge in [0.05, 0.1) is 18.7 Å². The second-order valence-corrected chi connectivity index (χ2v) is 8.96. The van der Waals surface area contributed by atoms with Gasteiger partial charge < -0.3 is 20.7 Å². The summed E-state index contributed by atoms with van der Waals surface area (Å²) in [5.41, 5.74) is 2.54. The van der Waals surface area contributed by atoms with Gasteiger partial charge in [0.15, 0.2) is 28.8 Å². The average Bonchev–Trinajstić information content (AvgIpc) is 3.35. The quantitative estimate of drug-likeness (QED) is 0.289. The predicted molar refractivity (Wildman–Crippen MR) is 141 cm³/mol. The fourth-order valence-electron chi connectivity index (χ4n) is 4.17. The van der Waals surface area contributed by atoms with Crippen molar-refractivity contribution in [3.05, 3.63) is 113 Å². The molecule has 0 aliphatic carbocycles. The molecule has 200 valence electrons. The molecule has 5 rings (SSSR count). The van der Waals surface area contributed by atoms with E-state index in [2.05, 4.69) is 25.9 Å². The second-order valence-electron chi connectivity index (χ2n) is 8.96. The van der Waals surface area contributed by atoms with Crippen LogP contribution in [0.3, 0.4) is 0 Å². The highest BCUT2D eigenvalue weighted by molar-refractivity contribution is 5.99. The van der Waals surface area contributed by atoms with Crippen molar-refractivity contribution < 1.29 is 23.1 Å². The molecule has 0 bridgehead atoms. The average molecular weight is 541 g/mol. The fourth-order valence-corrected chi connectivity index (χ4v) is 4.17. The Balaban J connectivity index is 1.37. The largest absolute Gasteiger partial charge is 0.491 e. The molecule has 9 nitrogen and oxygen atoms in total. The molecule has 1 aliphatic heterocycles. The lowest BCUT2D eigenvalue weighted by Crippen LogP contribution is -2.27. The smallest absolute Gasteiger partial charge is 0.274 e. The molecular weight excluding hydrogens is 518 g/mol. The fraction of sp³-hybridized carbons (Fsp3) is 0.138. The molecule has 0 unspecified atom stereocenters. The summed E-state index contributed by atoms with van der Waals surface area (Å²) in [7, 11) is 0. The lowest BCUT2D eigenvalue weighted by molar-refractivity contribution is -0.115. The summed E-state index contributed by atoms with van der Waals surface area (Å²) in [5, 5.41) is 17.9. The van der Waals surface area contributed by atoms with Crippen molar-refractivity contribution in [2.45, 2.75) is 19.0 Å². The number of rotatable bonds is 9. The molecule has 1 aromatic heterocycles. The minimum atomic E-state index is -1.03. The number of hydrogen-bond acceptors (Lipinski definition) is 7. The van der Waals surface area contributed by atoms with Crippen molar-refractivity contribution in [3.63, 3.8) is 0 Å². The molecular formula is C29H22F2N6O3. The van der Waals surface area contributed by atoms with Gasteiger partial charge in [-0.2, -0.15) is 5.26 Å². The first-order valence-electron chi connectivity index (χ1n) is 12.3. The highest BCUT2D eigenvalue weighted by atomic mass is 19.2. The topological polar surface area (TPSA) is 129 Å². The summed E-state index contributed by atoms with van der Waals surface area (Å²) in [5.74, 6) is -2.10. The van der Waals surface area contributed by atoms with E-state index in [1.165, 1.54) is 12.3 Å². The molecule has 40 heavy (non-hydrogen) atoms. The molecule has 0 saturated heterocycles. The van der Waals surface area contributed by atoms with E-state index in [1.54, 1.807) is 18.2 Å². The van der Waals surface area contributed by atoms with Crippen LogP contribution in [0, 0.1) is 23.0 Å². The number of nitriles is 1. The lowest BCUT2D eigenvalue weighted by Gasteiger charge is -2.22. The van der Waals surface area contributed by atoms with Gasteiger partial charge in [0, 0.05) is 12.2 Å². The third kappa shape index (κ3) is 6.02. The Morgan fingerprint density at radius 2 is 1.93 bits per heavy atom. The van der Waals surface area contributed by atoms with Gasteiger partial charge in [0.1, 0.15) is 18.4 Å². The van der Waals surface area contributed by atoms with Gasteiger partial charge in [0.25, 0.3) is 5.91 Å². The molecule has 2 amide bonds. The van der Waals surface area contributed by atoms with Gasteiger partial charge in [-0.25, -0.2) is 18.7 Å². The van der Waals surface area contributed by atoms with Crippen LogP contribution in [0.25, 0.3) is 0 Å². The zero-order valence-corrected chi connectivity index (χ0v) is 20.9. The van der Waals surface area contributed by atoms with Crippen LogP contribution in [0.4, 0.5) is 20.3 Å². The molecule has 11 heteroatoms. The first kappa shape index (κ1) is 26.2. The molecule has 4 aromatic rings. The Morgan fingerprint density at radius 3 is 2.70 bits per heavy atom. The van der Waals surface area contributed by atoms with Crippen molar-refractivity contribution in [2.75, 3.05) is 17.2 Å². The maximum Gasteiger partial charge on any atom is 0.274 e. The van der Waals surface area contributed by atoms with Crippen molar-refractivity contribution >= 4 is 23.3 Å². The number of aromatic nitrogens is 2. The molecule has 3 N–H and O–H groups in total. The Bertz CT molecular complexity index is 1620. The summed E-state index contributed by atoms with van der Waals surface area (Å²) in [4.78, 5) is 33.2. The van der Waals surface area contributed by atoms with Crippen LogP contribution in [0.2, 0.25) is 0 Å². The van der Waals surface area contributed by atoms with Crippen LogP contribution in [0.15, 0.2) is 72.9 Å². The number of ether oxygens (including phenoxy) is 1. The number of halogens is 2. The highest BCUT2D eigenvalue weighted by Gasteiger charge is 2.22. The van der Waals surface area contributed by atoms with Crippen molar-refractivity contribution in [2.24, 2.45) is 0 Å². The summed E-state index contributed by atoms with van der Waals surface area (Å²) in [6, 6.07) is 19.4. The van der Waals surface area contributed by atoms with E-state index in [4.69, 9.17) is 4.74 Å². The van der Waals surface area contributed by atoms with Crippen LogP contribution < -0.4 is 20.7 Å². The van der Waals surface area contributed by atoms with Crippen molar-refractivity contribution in [3.8, 4) is 11.8 Å². The maximum atomic E-state index is 13.6. The molecule has 3 aromatic carbocycles. The van der Waals surface area contributed by atoms with Gasteiger partial charge in [0.2, 0.25) is 5.91 Å². The number of carbonyl (C=O) groups excluding carboxylic acids is 2. The van der Waals surface area contributed by atoms with Gasteiger partial charge in [-0.3, -0.25) is 9.59 Å². The number of hydrogen-bond donors (Lipinski definition) is 3. The number of amides is 2. The molecule has 0 fully saturated rings. The third-order valence-corrected chi connectivity index (χ3v) is 6.17. The van der Waals surface area contributed by atoms with Crippen molar-refractivity contribution in [1.82, 2.24) is 15.3 Å². The van der Waals surface area contributed by atoms with Crippen LogP contribution in [-0.4, -0.2) is 28.4 Å². The van der Waals surface area contributed by atoms with Gasteiger partial charge in [-0.15, -0.1) is 0 Å². The maximum absolute atomic E-state index is 13.6. The Kier molecular flexibility index (Phi) is 7.59. The first-order chi connectivity index (χ1) is 19.4. The van der Waals surface area contributed by atoms with E-state index >= 15 is 0 Å². The summed E-state index contributed by atoms with van der Waals surface area (Å²) in [6.07, 6.45) is 1.51.